The zero-order valence-corrected chi connectivity index (χ0v) is 7.28. The van der Waals surface area contributed by atoms with E-state index in [2.05, 4.69) is 10.1 Å². The number of rotatable bonds is 2. The van der Waals surface area contributed by atoms with Gasteiger partial charge in [-0.05, 0) is 25.0 Å². The Morgan fingerprint density at radius 1 is 1.67 bits per heavy atom. The summed E-state index contributed by atoms with van der Waals surface area (Å²) in [7, 11) is 0. The summed E-state index contributed by atoms with van der Waals surface area (Å²) in [4.78, 5) is 4.00. The van der Waals surface area contributed by atoms with E-state index < -0.39 is 0 Å². The SMILES string of the molecule is CCc1cnccc1C(C)=NO. The van der Waals surface area contributed by atoms with Gasteiger partial charge in [0.15, 0.2) is 0 Å². The standard InChI is InChI=1S/C9H12N2O/c1-3-8-6-10-5-4-9(8)7(2)11-12/h4-6,12H,3H2,1-2H3. The third-order valence-electron chi connectivity index (χ3n) is 1.82. The van der Waals surface area contributed by atoms with E-state index in [1.54, 1.807) is 19.3 Å². The number of aromatic nitrogens is 1. The van der Waals surface area contributed by atoms with Gasteiger partial charge >= 0.3 is 0 Å². The maximum Gasteiger partial charge on any atom is 0.0840 e. The highest BCUT2D eigenvalue weighted by Gasteiger charge is 2.02. The first kappa shape index (κ1) is 8.71. The van der Waals surface area contributed by atoms with Crippen molar-refractivity contribution in [3.63, 3.8) is 0 Å². The molecule has 0 spiro atoms. The third kappa shape index (κ3) is 1.61. The Labute approximate surface area is 71.8 Å². The van der Waals surface area contributed by atoms with Crippen molar-refractivity contribution in [2.24, 2.45) is 5.16 Å². The molecule has 0 radical (unpaired) electrons. The summed E-state index contributed by atoms with van der Waals surface area (Å²) >= 11 is 0. The van der Waals surface area contributed by atoms with Gasteiger partial charge in [-0.1, -0.05) is 12.1 Å². The molecule has 1 aromatic rings. The summed E-state index contributed by atoms with van der Waals surface area (Å²) in [6, 6.07) is 1.86. The van der Waals surface area contributed by atoms with Gasteiger partial charge in [-0.2, -0.15) is 0 Å². The summed E-state index contributed by atoms with van der Waals surface area (Å²) in [5.74, 6) is 0. The molecule has 0 fully saturated rings. The lowest BCUT2D eigenvalue weighted by Crippen LogP contribution is -2.00. The predicted octanol–water partition coefficient (Wildman–Crippen LogP) is 1.84. The molecule has 0 aromatic carbocycles. The molecule has 0 saturated heterocycles. The van der Waals surface area contributed by atoms with Gasteiger partial charge in [0.2, 0.25) is 0 Å². The molecule has 0 unspecified atom stereocenters. The van der Waals surface area contributed by atoms with Gasteiger partial charge < -0.3 is 5.21 Å². The molecule has 3 heteroatoms. The zero-order valence-electron chi connectivity index (χ0n) is 7.28. The minimum Gasteiger partial charge on any atom is -0.411 e. The second-order valence-corrected chi connectivity index (χ2v) is 2.57. The highest BCUT2D eigenvalue weighted by atomic mass is 16.4. The van der Waals surface area contributed by atoms with Crippen LogP contribution in [0, 0.1) is 0 Å². The minimum absolute atomic E-state index is 0.634. The van der Waals surface area contributed by atoms with E-state index in [-0.39, 0.29) is 0 Å². The average Bonchev–Trinajstić information content (AvgIpc) is 2.16. The van der Waals surface area contributed by atoms with Gasteiger partial charge in [0.05, 0.1) is 5.71 Å². The Bertz CT molecular complexity index is 294. The van der Waals surface area contributed by atoms with Gasteiger partial charge in [0.1, 0.15) is 0 Å². The first-order valence-corrected chi connectivity index (χ1v) is 3.91. The molecule has 0 atom stereocenters. The van der Waals surface area contributed by atoms with Crippen LogP contribution in [0.1, 0.15) is 25.0 Å². The van der Waals surface area contributed by atoms with Crippen molar-refractivity contribution < 1.29 is 5.21 Å². The summed E-state index contributed by atoms with van der Waals surface area (Å²) in [5, 5.41) is 11.7. The van der Waals surface area contributed by atoms with Crippen molar-refractivity contribution >= 4 is 5.71 Å². The summed E-state index contributed by atoms with van der Waals surface area (Å²) < 4.78 is 0. The average molecular weight is 164 g/mol. The van der Waals surface area contributed by atoms with E-state index in [4.69, 9.17) is 5.21 Å². The molecule has 1 N–H and O–H groups in total. The van der Waals surface area contributed by atoms with Crippen LogP contribution in [0.4, 0.5) is 0 Å². The Kier molecular flexibility index (Phi) is 2.80. The molecule has 0 bridgehead atoms. The molecule has 0 aliphatic heterocycles. The Morgan fingerprint density at radius 2 is 2.42 bits per heavy atom. The molecule has 1 rings (SSSR count). The highest BCUT2D eigenvalue weighted by Crippen LogP contribution is 2.08. The molecule has 0 aliphatic rings. The van der Waals surface area contributed by atoms with Crippen molar-refractivity contribution in [3.05, 3.63) is 29.6 Å². The Balaban J connectivity index is 3.13. The summed E-state index contributed by atoms with van der Waals surface area (Å²) in [5.41, 5.74) is 2.71. The third-order valence-corrected chi connectivity index (χ3v) is 1.82. The second kappa shape index (κ2) is 3.85. The zero-order chi connectivity index (χ0) is 8.97. The fourth-order valence-electron chi connectivity index (χ4n) is 1.12. The molecule has 1 heterocycles. The molecule has 3 nitrogen and oxygen atoms in total. The van der Waals surface area contributed by atoms with Gasteiger partial charge in [0.25, 0.3) is 0 Å². The first-order valence-electron chi connectivity index (χ1n) is 3.91. The number of oxime groups is 1. The number of hydrogen-bond donors (Lipinski definition) is 1. The molecule has 64 valence electrons. The lowest BCUT2D eigenvalue weighted by molar-refractivity contribution is 0.319. The maximum atomic E-state index is 8.58. The smallest absolute Gasteiger partial charge is 0.0840 e. The molecule has 0 saturated carbocycles. The van der Waals surface area contributed by atoms with Crippen LogP contribution in [-0.4, -0.2) is 15.9 Å². The largest absolute Gasteiger partial charge is 0.411 e. The number of nitrogens with zero attached hydrogens (tertiary/aromatic N) is 2. The number of hydrogen-bond acceptors (Lipinski definition) is 3. The van der Waals surface area contributed by atoms with Gasteiger partial charge in [-0.3, -0.25) is 4.98 Å². The Hall–Kier alpha value is -1.38. The van der Waals surface area contributed by atoms with Crippen molar-refractivity contribution in [2.75, 3.05) is 0 Å². The molecular formula is C9H12N2O. The summed E-state index contributed by atoms with van der Waals surface area (Å²) in [6.45, 7) is 3.82. The first-order chi connectivity index (χ1) is 5.79. The maximum absolute atomic E-state index is 8.58. The fraction of sp³-hybridized carbons (Fsp3) is 0.333. The molecule has 1 aromatic heterocycles. The molecule has 0 amide bonds. The van der Waals surface area contributed by atoms with Crippen LogP contribution < -0.4 is 0 Å². The molecule has 12 heavy (non-hydrogen) atoms. The van der Waals surface area contributed by atoms with Crippen molar-refractivity contribution in [3.8, 4) is 0 Å². The second-order valence-electron chi connectivity index (χ2n) is 2.57. The number of pyridine rings is 1. The van der Waals surface area contributed by atoms with Crippen molar-refractivity contribution in [1.82, 2.24) is 4.98 Å². The van der Waals surface area contributed by atoms with Crippen LogP contribution in [0.3, 0.4) is 0 Å². The monoisotopic (exact) mass is 164 g/mol. The van der Waals surface area contributed by atoms with E-state index in [1.807, 2.05) is 13.0 Å². The van der Waals surface area contributed by atoms with Gasteiger partial charge in [0, 0.05) is 18.0 Å². The van der Waals surface area contributed by atoms with E-state index in [0.29, 0.717) is 5.71 Å². The Morgan fingerprint density at radius 3 is 3.00 bits per heavy atom. The van der Waals surface area contributed by atoms with Crippen LogP contribution in [0.5, 0.6) is 0 Å². The molecule has 0 aliphatic carbocycles. The van der Waals surface area contributed by atoms with E-state index in [0.717, 1.165) is 17.5 Å². The van der Waals surface area contributed by atoms with Gasteiger partial charge in [-0.25, -0.2) is 0 Å². The van der Waals surface area contributed by atoms with E-state index >= 15 is 0 Å². The van der Waals surface area contributed by atoms with E-state index in [9.17, 15) is 0 Å². The fourth-order valence-corrected chi connectivity index (χ4v) is 1.12. The van der Waals surface area contributed by atoms with Crippen LogP contribution in [0.2, 0.25) is 0 Å². The van der Waals surface area contributed by atoms with Crippen molar-refractivity contribution in [2.45, 2.75) is 20.3 Å². The van der Waals surface area contributed by atoms with E-state index in [1.165, 1.54) is 0 Å². The topological polar surface area (TPSA) is 45.5 Å². The summed E-state index contributed by atoms with van der Waals surface area (Å²) in [6.07, 6.45) is 4.39. The van der Waals surface area contributed by atoms with Crippen LogP contribution in [0.15, 0.2) is 23.6 Å². The lowest BCUT2D eigenvalue weighted by Gasteiger charge is -2.03. The van der Waals surface area contributed by atoms with Crippen LogP contribution in [-0.2, 0) is 6.42 Å². The van der Waals surface area contributed by atoms with Crippen molar-refractivity contribution in [1.29, 1.82) is 0 Å². The highest BCUT2D eigenvalue weighted by molar-refractivity contribution is 5.99. The number of aryl methyl sites for hydroxylation is 1. The predicted molar refractivity (Wildman–Crippen MR) is 47.6 cm³/mol. The normalized spacial score (nSPS) is 11.7. The lowest BCUT2D eigenvalue weighted by atomic mass is 10.1. The van der Waals surface area contributed by atoms with Crippen LogP contribution >= 0.6 is 0 Å². The molecular weight excluding hydrogens is 152 g/mol. The van der Waals surface area contributed by atoms with Crippen LogP contribution in [0.25, 0.3) is 0 Å². The van der Waals surface area contributed by atoms with Gasteiger partial charge in [-0.15, -0.1) is 0 Å². The minimum atomic E-state index is 0.634. The quantitative estimate of drug-likeness (QED) is 0.412.